The van der Waals surface area contributed by atoms with Crippen LogP contribution in [0.3, 0.4) is 0 Å². The number of fused-ring (bicyclic) bond motifs is 1. The van der Waals surface area contributed by atoms with Crippen LogP contribution in [0.2, 0.25) is 0 Å². The molecule has 0 spiro atoms. The molecule has 0 saturated heterocycles. The van der Waals surface area contributed by atoms with E-state index in [0.717, 1.165) is 0 Å². The third-order valence-corrected chi connectivity index (χ3v) is 3.55. The molecule has 19 heavy (non-hydrogen) atoms. The molecule has 2 aromatic heterocycles. The van der Waals surface area contributed by atoms with E-state index >= 15 is 0 Å². The molecule has 0 atom stereocenters. The van der Waals surface area contributed by atoms with Crippen molar-refractivity contribution in [1.82, 2.24) is 4.98 Å². The maximum atomic E-state index is 11.3. The average Bonchev–Trinajstić information content (AvgIpc) is 2.75. The van der Waals surface area contributed by atoms with Gasteiger partial charge in [-0.15, -0.1) is 11.3 Å². The molecule has 3 N–H and O–H groups in total. The molecule has 0 aliphatic heterocycles. The van der Waals surface area contributed by atoms with E-state index < -0.39 is 5.63 Å². The molecule has 2 heterocycles. The Balaban J connectivity index is 2.35. The van der Waals surface area contributed by atoms with E-state index in [4.69, 9.17) is 10.2 Å². The number of phenols is 1. The number of nitrogens with zero attached hydrogens (tertiary/aromatic N) is 1. The van der Waals surface area contributed by atoms with Crippen LogP contribution in [0.5, 0.6) is 5.75 Å². The van der Waals surface area contributed by atoms with Gasteiger partial charge in [-0.3, -0.25) is 0 Å². The average molecular weight is 274 g/mol. The van der Waals surface area contributed by atoms with Crippen LogP contribution >= 0.6 is 11.3 Å². The third kappa shape index (κ3) is 1.86. The molecule has 0 unspecified atom stereocenters. The first-order chi connectivity index (χ1) is 9.06. The topological polar surface area (TPSA) is 89.4 Å². The zero-order valence-corrected chi connectivity index (χ0v) is 10.8. The molecule has 0 bridgehead atoms. The van der Waals surface area contributed by atoms with Crippen molar-refractivity contribution < 1.29 is 9.52 Å². The molecule has 0 amide bonds. The highest BCUT2D eigenvalue weighted by Gasteiger charge is 2.14. The lowest BCUT2D eigenvalue weighted by atomic mass is 10.0. The fraction of sp³-hybridized carbons (Fsp3) is 0.0769. The van der Waals surface area contributed by atoms with Crippen molar-refractivity contribution >= 4 is 27.4 Å². The lowest BCUT2D eigenvalue weighted by Crippen LogP contribution is -1.98. The van der Waals surface area contributed by atoms with Crippen LogP contribution < -0.4 is 11.4 Å². The smallest absolute Gasteiger partial charge is 0.336 e. The Hall–Kier alpha value is -2.34. The number of hydrogen-bond donors (Lipinski definition) is 2. The molecule has 0 saturated carbocycles. The van der Waals surface area contributed by atoms with Crippen LogP contribution in [0.15, 0.2) is 32.8 Å². The maximum absolute atomic E-state index is 11.3. The first-order valence-corrected chi connectivity index (χ1v) is 6.42. The van der Waals surface area contributed by atoms with Gasteiger partial charge in [0.05, 0.1) is 11.1 Å². The molecule has 96 valence electrons. The predicted molar refractivity (Wildman–Crippen MR) is 74.4 cm³/mol. The van der Waals surface area contributed by atoms with Gasteiger partial charge >= 0.3 is 5.63 Å². The first-order valence-electron chi connectivity index (χ1n) is 5.54. The van der Waals surface area contributed by atoms with Gasteiger partial charge in [0, 0.05) is 17.0 Å². The summed E-state index contributed by atoms with van der Waals surface area (Å²) in [5.74, 6) is 0.0454. The molecule has 5 nitrogen and oxygen atoms in total. The summed E-state index contributed by atoms with van der Waals surface area (Å²) in [6.07, 6.45) is 0. The van der Waals surface area contributed by atoms with Gasteiger partial charge in [-0.25, -0.2) is 9.78 Å². The fourth-order valence-corrected chi connectivity index (χ4v) is 2.61. The van der Waals surface area contributed by atoms with Gasteiger partial charge < -0.3 is 15.3 Å². The van der Waals surface area contributed by atoms with Gasteiger partial charge in [0.15, 0.2) is 5.13 Å². The third-order valence-electron chi connectivity index (χ3n) is 2.88. The van der Waals surface area contributed by atoms with E-state index in [1.165, 1.54) is 17.4 Å². The number of aromatic hydroxyl groups is 1. The van der Waals surface area contributed by atoms with Crippen molar-refractivity contribution in [3.8, 4) is 17.0 Å². The van der Waals surface area contributed by atoms with E-state index in [-0.39, 0.29) is 5.75 Å². The summed E-state index contributed by atoms with van der Waals surface area (Å²) in [5, 5.41) is 13.1. The fourth-order valence-electron chi connectivity index (χ4n) is 2.04. The highest BCUT2D eigenvalue weighted by Crippen LogP contribution is 2.37. The van der Waals surface area contributed by atoms with Crippen molar-refractivity contribution in [1.29, 1.82) is 0 Å². The number of aromatic nitrogens is 1. The predicted octanol–water partition coefficient (Wildman–Crippen LogP) is 2.51. The van der Waals surface area contributed by atoms with Crippen molar-refractivity contribution in [2.45, 2.75) is 6.92 Å². The normalized spacial score (nSPS) is 11.0. The number of nitrogen functional groups attached to an aromatic ring is 1. The number of benzene rings is 1. The Labute approximate surface area is 111 Å². The number of rotatable bonds is 1. The zero-order valence-electron chi connectivity index (χ0n) is 10.0. The van der Waals surface area contributed by atoms with Crippen LogP contribution in [0.1, 0.15) is 5.56 Å². The summed E-state index contributed by atoms with van der Waals surface area (Å²) in [6.45, 7) is 1.75. The van der Waals surface area contributed by atoms with Crippen molar-refractivity contribution in [3.63, 3.8) is 0 Å². The van der Waals surface area contributed by atoms with Gasteiger partial charge in [0.25, 0.3) is 0 Å². The number of nitrogens with two attached hydrogens (primary N) is 1. The van der Waals surface area contributed by atoms with Crippen molar-refractivity contribution in [2.75, 3.05) is 5.73 Å². The maximum Gasteiger partial charge on any atom is 0.336 e. The van der Waals surface area contributed by atoms with Crippen LogP contribution in [-0.2, 0) is 0 Å². The summed E-state index contributed by atoms with van der Waals surface area (Å²) in [5.41, 5.74) is 7.35. The van der Waals surface area contributed by atoms with E-state index in [1.54, 1.807) is 24.4 Å². The molecule has 0 aliphatic rings. The number of hydrogen-bond acceptors (Lipinski definition) is 6. The number of thiazole rings is 1. The van der Waals surface area contributed by atoms with Gasteiger partial charge in [-0.1, -0.05) is 0 Å². The second-order valence-electron chi connectivity index (χ2n) is 4.15. The largest absolute Gasteiger partial charge is 0.506 e. The second kappa shape index (κ2) is 4.10. The summed E-state index contributed by atoms with van der Waals surface area (Å²) in [6, 6.07) is 4.66. The first kappa shape index (κ1) is 11.7. The SMILES string of the molecule is Cc1cc(=O)oc2ccc(-c3csc(N)n3)c(O)c12. The Kier molecular flexibility index (Phi) is 2.53. The van der Waals surface area contributed by atoms with Crippen LogP contribution in [0.4, 0.5) is 5.13 Å². The standard InChI is InChI=1S/C13H10N2O3S/c1-6-4-10(16)18-9-3-2-7(12(17)11(6)9)8-5-19-13(14)15-8/h2-5,17H,1H3,(H2,14,15). The quantitative estimate of drug-likeness (QED) is 0.665. The zero-order chi connectivity index (χ0) is 13.6. The molecule has 3 aromatic rings. The Morgan fingerprint density at radius 3 is 2.89 bits per heavy atom. The van der Waals surface area contributed by atoms with Crippen LogP contribution in [0.25, 0.3) is 22.2 Å². The van der Waals surface area contributed by atoms with Gasteiger partial charge in [-0.2, -0.15) is 0 Å². The minimum Gasteiger partial charge on any atom is -0.506 e. The van der Waals surface area contributed by atoms with E-state index in [1.807, 2.05) is 0 Å². The Morgan fingerprint density at radius 2 is 2.21 bits per heavy atom. The highest BCUT2D eigenvalue weighted by atomic mass is 32.1. The van der Waals surface area contributed by atoms with Crippen molar-refractivity contribution in [3.05, 3.63) is 39.6 Å². The minimum atomic E-state index is -0.435. The summed E-state index contributed by atoms with van der Waals surface area (Å²) in [7, 11) is 0. The molecule has 0 aliphatic carbocycles. The van der Waals surface area contributed by atoms with Gasteiger partial charge in [-0.05, 0) is 24.6 Å². The lowest BCUT2D eigenvalue weighted by Gasteiger charge is -2.07. The van der Waals surface area contributed by atoms with Crippen LogP contribution in [-0.4, -0.2) is 10.1 Å². The molecule has 3 rings (SSSR count). The molecule has 0 fully saturated rings. The second-order valence-corrected chi connectivity index (χ2v) is 5.04. The lowest BCUT2D eigenvalue weighted by molar-refractivity contribution is 0.480. The number of phenolic OH excluding ortho intramolecular Hbond substituents is 1. The molecule has 0 radical (unpaired) electrons. The van der Waals surface area contributed by atoms with Gasteiger partial charge in [0.2, 0.25) is 0 Å². The Bertz CT molecular complexity index is 836. The number of anilines is 1. The van der Waals surface area contributed by atoms with E-state index in [0.29, 0.717) is 32.9 Å². The molecular formula is C13H10N2O3S. The summed E-state index contributed by atoms with van der Waals surface area (Å²) < 4.78 is 5.06. The van der Waals surface area contributed by atoms with Crippen LogP contribution in [0, 0.1) is 6.92 Å². The molecule has 6 heteroatoms. The number of aryl methyl sites for hydroxylation is 1. The summed E-state index contributed by atoms with van der Waals surface area (Å²) in [4.78, 5) is 15.4. The van der Waals surface area contributed by atoms with Gasteiger partial charge in [0.1, 0.15) is 11.3 Å². The highest BCUT2D eigenvalue weighted by molar-refractivity contribution is 7.13. The monoisotopic (exact) mass is 274 g/mol. The Morgan fingerprint density at radius 1 is 1.42 bits per heavy atom. The molecule has 1 aromatic carbocycles. The molecular weight excluding hydrogens is 264 g/mol. The minimum absolute atomic E-state index is 0.0454. The van der Waals surface area contributed by atoms with Crippen molar-refractivity contribution in [2.24, 2.45) is 0 Å². The van der Waals surface area contributed by atoms with E-state index in [2.05, 4.69) is 4.98 Å². The van der Waals surface area contributed by atoms with E-state index in [9.17, 15) is 9.90 Å². The summed E-state index contributed by atoms with van der Waals surface area (Å²) >= 11 is 1.30.